The summed E-state index contributed by atoms with van der Waals surface area (Å²) in [5.74, 6) is 0.944. The molecule has 1 N–H and O–H groups in total. The van der Waals surface area contributed by atoms with Crippen LogP contribution in [0.15, 0.2) is 24.4 Å². The molecule has 0 aliphatic heterocycles. The van der Waals surface area contributed by atoms with Gasteiger partial charge in [0.25, 0.3) is 0 Å². The SMILES string of the molecule is CCC.CCNc1ccccn1. The Morgan fingerprint density at radius 3 is 2.33 bits per heavy atom. The molecular weight excluding hydrogens is 148 g/mol. The van der Waals surface area contributed by atoms with E-state index in [2.05, 4.69) is 31.1 Å². The van der Waals surface area contributed by atoms with Crippen LogP contribution in [0, 0.1) is 0 Å². The molecule has 0 radical (unpaired) electrons. The summed E-state index contributed by atoms with van der Waals surface area (Å²) >= 11 is 0. The number of hydrogen-bond acceptors (Lipinski definition) is 2. The molecule has 0 fully saturated rings. The lowest BCUT2D eigenvalue weighted by atomic mass is 10.5. The second kappa shape index (κ2) is 8.05. The van der Waals surface area contributed by atoms with E-state index in [0.29, 0.717) is 0 Å². The molecule has 0 atom stereocenters. The van der Waals surface area contributed by atoms with Crippen molar-refractivity contribution in [3.05, 3.63) is 24.4 Å². The van der Waals surface area contributed by atoms with Crippen molar-refractivity contribution < 1.29 is 0 Å². The first kappa shape index (κ1) is 11.0. The average Bonchev–Trinajstić information content (AvgIpc) is 2.08. The van der Waals surface area contributed by atoms with Crippen molar-refractivity contribution >= 4 is 5.82 Å². The van der Waals surface area contributed by atoms with Gasteiger partial charge in [-0.05, 0) is 19.1 Å². The quantitative estimate of drug-likeness (QED) is 0.730. The molecular formula is C10H18N2. The smallest absolute Gasteiger partial charge is 0.125 e. The summed E-state index contributed by atoms with van der Waals surface area (Å²) in [5, 5.41) is 3.10. The molecule has 2 nitrogen and oxygen atoms in total. The monoisotopic (exact) mass is 166 g/mol. The summed E-state index contributed by atoms with van der Waals surface area (Å²) in [6.07, 6.45) is 3.03. The summed E-state index contributed by atoms with van der Waals surface area (Å²) in [6.45, 7) is 7.23. The largest absolute Gasteiger partial charge is 0.370 e. The van der Waals surface area contributed by atoms with Gasteiger partial charge in [0.2, 0.25) is 0 Å². The zero-order chi connectivity index (χ0) is 9.23. The van der Waals surface area contributed by atoms with E-state index >= 15 is 0 Å². The fourth-order valence-electron chi connectivity index (χ4n) is 0.648. The molecule has 0 spiro atoms. The van der Waals surface area contributed by atoms with Gasteiger partial charge in [-0.15, -0.1) is 0 Å². The summed E-state index contributed by atoms with van der Waals surface area (Å²) in [6, 6.07) is 5.81. The van der Waals surface area contributed by atoms with E-state index in [1.54, 1.807) is 6.20 Å². The molecule has 0 saturated heterocycles. The lowest BCUT2D eigenvalue weighted by molar-refractivity contribution is 1.09. The van der Waals surface area contributed by atoms with Gasteiger partial charge in [-0.1, -0.05) is 26.3 Å². The van der Waals surface area contributed by atoms with Crippen LogP contribution in [0.25, 0.3) is 0 Å². The highest BCUT2D eigenvalue weighted by atomic mass is 15.0. The molecule has 0 unspecified atom stereocenters. The number of pyridine rings is 1. The van der Waals surface area contributed by atoms with Crippen LogP contribution >= 0.6 is 0 Å². The minimum absolute atomic E-state index is 0.928. The van der Waals surface area contributed by atoms with Crippen molar-refractivity contribution in [2.45, 2.75) is 27.2 Å². The Kier molecular flexibility index (Phi) is 7.35. The number of anilines is 1. The predicted octanol–water partition coefficient (Wildman–Crippen LogP) is 2.93. The first-order valence-electron chi connectivity index (χ1n) is 4.50. The summed E-state index contributed by atoms with van der Waals surface area (Å²) in [7, 11) is 0. The van der Waals surface area contributed by atoms with Crippen LogP contribution in [0.2, 0.25) is 0 Å². The van der Waals surface area contributed by atoms with Gasteiger partial charge in [0.05, 0.1) is 0 Å². The van der Waals surface area contributed by atoms with E-state index in [1.807, 2.05) is 18.2 Å². The highest BCUT2D eigenvalue weighted by molar-refractivity contribution is 5.32. The van der Waals surface area contributed by atoms with Gasteiger partial charge >= 0.3 is 0 Å². The normalized spacial score (nSPS) is 8.25. The van der Waals surface area contributed by atoms with Crippen LogP contribution in [0.4, 0.5) is 5.82 Å². The number of nitrogens with one attached hydrogen (secondary N) is 1. The standard InChI is InChI=1S/C7H10N2.C3H8/c1-2-8-7-5-3-4-6-9-7;1-3-2/h3-6H,2H2,1H3,(H,8,9);3H2,1-2H3. The molecule has 0 aliphatic rings. The fourth-order valence-corrected chi connectivity index (χ4v) is 0.648. The Morgan fingerprint density at radius 1 is 1.25 bits per heavy atom. The minimum Gasteiger partial charge on any atom is -0.370 e. The Hall–Kier alpha value is -1.05. The maximum Gasteiger partial charge on any atom is 0.125 e. The number of rotatable bonds is 2. The molecule has 0 amide bonds. The van der Waals surface area contributed by atoms with Crippen molar-refractivity contribution in [2.75, 3.05) is 11.9 Å². The molecule has 0 aliphatic carbocycles. The lowest BCUT2D eigenvalue weighted by Gasteiger charge is -1.97. The zero-order valence-electron chi connectivity index (χ0n) is 8.17. The highest BCUT2D eigenvalue weighted by Crippen LogP contribution is 1.97. The molecule has 1 heterocycles. The molecule has 68 valence electrons. The maximum absolute atomic E-state index is 4.06. The summed E-state index contributed by atoms with van der Waals surface area (Å²) < 4.78 is 0. The van der Waals surface area contributed by atoms with E-state index < -0.39 is 0 Å². The van der Waals surface area contributed by atoms with E-state index in [0.717, 1.165) is 12.4 Å². The molecule has 1 rings (SSSR count). The number of aromatic nitrogens is 1. The Morgan fingerprint density at radius 2 is 1.92 bits per heavy atom. The van der Waals surface area contributed by atoms with Crippen LogP contribution < -0.4 is 5.32 Å². The van der Waals surface area contributed by atoms with E-state index in [9.17, 15) is 0 Å². The minimum atomic E-state index is 0.928. The van der Waals surface area contributed by atoms with Gasteiger partial charge < -0.3 is 5.32 Å². The van der Waals surface area contributed by atoms with Crippen LogP contribution in [-0.2, 0) is 0 Å². The molecule has 0 bridgehead atoms. The predicted molar refractivity (Wildman–Crippen MR) is 54.4 cm³/mol. The second-order valence-corrected chi connectivity index (χ2v) is 2.45. The molecule has 1 aromatic rings. The second-order valence-electron chi connectivity index (χ2n) is 2.45. The molecule has 2 heteroatoms. The third-order valence-corrected chi connectivity index (χ3v) is 1.02. The Balaban J connectivity index is 0.000000354. The topological polar surface area (TPSA) is 24.9 Å². The van der Waals surface area contributed by atoms with Gasteiger partial charge in [0, 0.05) is 12.7 Å². The first-order valence-corrected chi connectivity index (χ1v) is 4.50. The average molecular weight is 166 g/mol. The van der Waals surface area contributed by atoms with E-state index in [4.69, 9.17) is 0 Å². The van der Waals surface area contributed by atoms with Crippen LogP contribution in [0.3, 0.4) is 0 Å². The Bertz CT molecular complexity index is 172. The van der Waals surface area contributed by atoms with Gasteiger partial charge in [0.15, 0.2) is 0 Å². The van der Waals surface area contributed by atoms with Crippen molar-refractivity contribution in [1.29, 1.82) is 0 Å². The number of nitrogens with zero attached hydrogens (tertiary/aromatic N) is 1. The van der Waals surface area contributed by atoms with Crippen molar-refractivity contribution in [3.63, 3.8) is 0 Å². The van der Waals surface area contributed by atoms with E-state index in [1.165, 1.54) is 6.42 Å². The first-order chi connectivity index (χ1) is 5.85. The maximum atomic E-state index is 4.06. The fraction of sp³-hybridized carbons (Fsp3) is 0.500. The van der Waals surface area contributed by atoms with Crippen molar-refractivity contribution in [1.82, 2.24) is 4.98 Å². The van der Waals surface area contributed by atoms with Gasteiger partial charge in [-0.3, -0.25) is 0 Å². The van der Waals surface area contributed by atoms with Gasteiger partial charge in [-0.2, -0.15) is 0 Å². The Labute approximate surface area is 75.0 Å². The number of hydrogen-bond donors (Lipinski definition) is 1. The summed E-state index contributed by atoms with van der Waals surface area (Å²) in [4.78, 5) is 4.06. The van der Waals surface area contributed by atoms with Crippen LogP contribution in [0.1, 0.15) is 27.2 Å². The van der Waals surface area contributed by atoms with Crippen LogP contribution in [0.5, 0.6) is 0 Å². The van der Waals surface area contributed by atoms with Gasteiger partial charge in [-0.25, -0.2) is 4.98 Å². The molecule has 1 aromatic heterocycles. The third-order valence-electron chi connectivity index (χ3n) is 1.02. The summed E-state index contributed by atoms with van der Waals surface area (Å²) in [5.41, 5.74) is 0. The van der Waals surface area contributed by atoms with E-state index in [-0.39, 0.29) is 0 Å². The van der Waals surface area contributed by atoms with Crippen LogP contribution in [-0.4, -0.2) is 11.5 Å². The van der Waals surface area contributed by atoms with Crippen molar-refractivity contribution in [3.8, 4) is 0 Å². The van der Waals surface area contributed by atoms with Gasteiger partial charge in [0.1, 0.15) is 5.82 Å². The molecule has 0 aromatic carbocycles. The molecule has 12 heavy (non-hydrogen) atoms. The highest BCUT2D eigenvalue weighted by Gasteiger charge is 1.83. The zero-order valence-corrected chi connectivity index (χ0v) is 8.17. The molecule has 0 saturated carbocycles. The van der Waals surface area contributed by atoms with Crippen molar-refractivity contribution in [2.24, 2.45) is 0 Å². The third kappa shape index (κ3) is 5.71. The lowest BCUT2D eigenvalue weighted by Crippen LogP contribution is -1.97.